The van der Waals surface area contributed by atoms with Gasteiger partial charge in [-0.1, -0.05) is 12.2 Å². The van der Waals surface area contributed by atoms with E-state index in [1.165, 1.54) is 0 Å². The fourth-order valence-corrected chi connectivity index (χ4v) is 3.29. The highest BCUT2D eigenvalue weighted by Gasteiger charge is 2.39. The highest BCUT2D eigenvalue weighted by molar-refractivity contribution is 8.00. The second-order valence-corrected chi connectivity index (χ2v) is 5.49. The molecule has 0 aliphatic carbocycles. The summed E-state index contributed by atoms with van der Waals surface area (Å²) < 4.78 is 10.7. The van der Waals surface area contributed by atoms with Gasteiger partial charge in [0, 0.05) is 10.5 Å². The first kappa shape index (κ1) is 11.2. The molecule has 0 aromatic rings. The van der Waals surface area contributed by atoms with Crippen LogP contribution in [0.4, 0.5) is 0 Å². The zero-order chi connectivity index (χ0) is 10.7. The van der Waals surface area contributed by atoms with E-state index in [2.05, 4.69) is 13.2 Å². The average molecular weight is 226 g/mol. The van der Waals surface area contributed by atoms with Gasteiger partial charge in [0.05, 0.1) is 25.4 Å². The highest BCUT2D eigenvalue weighted by atomic mass is 32.2. The van der Waals surface area contributed by atoms with Gasteiger partial charge in [-0.05, 0) is 12.8 Å². The lowest BCUT2D eigenvalue weighted by molar-refractivity contribution is 0.395. The molecule has 2 rings (SSSR count). The fraction of sp³-hybridized carbons (Fsp3) is 0.667. The average Bonchev–Trinajstić information content (AvgIpc) is 3.05. The molecule has 4 atom stereocenters. The maximum absolute atomic E-state index is 5.37. The van der Waals surface area contributed by atoms with Crippen LogP contribution in [-0.2, 0) is 9.47 Å². The van der Waals surface area contributed by atoms with Crippen molar-refractivity contribution in [1.29, 1.82) is 0 Å². The molecule has 0 N–H and O–H groups in total. The van der Waals surface area contributed by atoms with Gasteiger partial charge in [-0.15, -0.1) is 24.9 Å². The minimum atomic E-state index is 0.444. The number of thioether (sulfide) groups is 1. The van der Waals surface area contributed by atoms with Gasteiger partial charge >= 0.3 is 0 Å². The summed E-state index contributed by atoms with van der Waals surface area (Å²) in [7, 11) is 0. The van der Waals surface area contributed by atoms with Crippen LogP contribution in [0.1, 0.15) is 12.8 Å². The number of hydrogen-bond donors (Lipinski definition) is 0. The number of rotatable bonds is 8. The van der Waals surface area contributed by atoms with Crippen molar-refractivity contribution < 1.29 is 9.47 Å². The van der Waals surface area contributed by atoms with Crippen LogP contribution in [0.5, 0.6) is 0 Å². The first-order chi connectivity index (χ1) is 7.35. The second-order valence-electron chi connectivity index (χ2n) is 4.01. The summed E-state index contributed by atoms with van der Waals surface area (Å²) in [6.45, 7) is 9.44. The van der Waals surface area contributed by atoms with Gasteiger partial charge in [-0.2, -0.15) is 0 Å². The summed E-state index contributed by atoms with van der Waals surface area (Å²) in [4.78, 5) is 0. The molecule has 0 amide bonds. The van der Waals surface area contributed by atoms with Crippen LogP contribution in [0.25, 0.3) is 0 Å². The highest BCUT2D eigenvalue weighted by Crippen LogP contribution is 2.37. The van der Waals surface area contributed by atoms with E-state index in [9.17, 15) is 0 Å². The fourth-order valence-electron chi connectivity index (χ4n) is 1.68. The molecule has 0 saturated carbocycles. The van der Waals surface area contributed by atoms with Crippen molar-refractivity contribution in [3.05, 3.63) is 25.3 Å². The lowest BCUT2D eigenvalue weighted by Gasteiger charge is -2.18. The Morgan fingerprint density at radius 1 is 1.07 bits per heavy atom. The zero-order valence-corrected chi connectivity index (χ0v) is 9.75. The van der Waals surface area contributed by atoms with Gasteiger partial charge in [0.25, 0.3) is 0 Å². The lowest BCUT2D eigenvalue weighted by Crippen LogP contribution is -2.19. The minimum Gasteiger partial charge on any atom is -0.372 e. The molecule has 84 valence electrons. The van der Waals surface area contributed by atoms with Crippen LogP contribution in [0.15, 0.2) is 25.3 Å². The molecule has 3 heteroatoms. The van der Waals surface area contributed by atoms with Crippen LogP contribution in [0.2, 0.25) is 0 Å². The third-order valence-electron chi connectivity index (χ3n) is 2.70. The van der Waals surface area contributed by atoms with E-state index in [4.69, 9.17) is 9.47 Å². The summed E-state index contributed by atoms with van der Waals surface area (Å²) in [6.07, 6.45) is 6.90. The molecule has 2 fully saturated rings. The van der Waals surface area contributed by atoms with Crippen LogP contribution < -0.4 is 0 Å². The summed E-state index contributed by atoms with van der Waals surface area (Å²) >= 11 is 1.99. The van der Waals surface area contributed by atoms with Gasteiger partial charge in [-0.3, -0.25) is 0 Å². The predicted octanol–water partition coefficient (Wildman–Crippen LogP) is 2.41. The van der Waals surface area contributed by atoms with E-state index in [0.29, 0.717) is 22.7 Å². The van der Waals surface area contributed by atoms with Crippen molar-refractivity contribution in [2.45, 2.75) is 35.5 Å². The van der Waals surface area contributed by atoms with Gasteiger partial charge < -0.3 is 9.47 Å². The van der Waals surface area contributed by atoms with Gasteiger partial charge in [0.15, 0.2) is 0 Å². The van der Waals surface area contributed by atoms with Crippen molar-refractivity contribution >= 4 is 11.8 Å². The van der Waals surface area contributed by atoms with Crippen LogP contribution >= 0.6 is 11.8 Å². The summed E-state index contributed by atoms with van der Waals surface area (Å²) in [5, 5.41) is 1.10. The van der Waals surface area contributed by atoms with Crippen LogP contribution in [-0.4, -0.2) is 35.9 Å². The number of epoxide rings is 2. The Hall–Kier alpha value is -0.250. The standard InChI is InChI=1S/C12H18O2S/c1-3-5-11(9-7-13-9)15-12(6-4-2)10-8-14-10/h3-4,9-12H,1-2,5-8H2. The molecule has 0 aromatic carbocycles. The smallest absolute Gasteiger partial charge is 0.0931 e. The Morgan fingerprint density at radius 2 is 1.47 bits per heavy atom. The Labute approximate surface area is 95.7 Å². The number of hydrogen-bond acceptors (Lipinski definition) is 3. The molecule has 2 aliphatic rings. The lowest BCUT2D eigenvalue weighted by atomic mass is 10.2. The third-order valence-corrected chi connectivity index (χ3v) is 4.39. The largest absolute Gasteiger partial charge is 0.372 e. The quantitative estimate of drug-likeness (QED) is 0.469. The second kappa shape index (κ2) is 5.19. The minimum absolute atomic E-state index is 0.444. The van der Waals surface area contributed by atoms with Crippen LogP contribution in [0, 0.1) is 0 Å². The topological polar surface area (TPSA) is 25.1 Å². The molecule has 0 bridgehead atoms. The first-order valence-electron chi connectivity index (χ1n) is 5.45. The SMILES string of the molecule is C=CCC(SC(CC=C)C1CO1)C1CO1. The predicted molar refractivity (Wildman–Crippen MR) is 64.3 cm³/mol. The van der Waals surface area contributed by atoms with Gasteiger partial charge in [-0.25, -0.2) is 0 Å². The van der Waals surface area contributed by atoms with Crippen molar-refractivity contribution in [2.24, 2.45) is 0 Å². The molecule has 4 unspecified atom stereocenters. The number of ether oxygens (including phenoxy) is 2. The molecular formula is C12H18O2S. The maximum Gasteiger partial charge on any atom is 0.0931 e. The maximum atomic E-state index is 5.37. The van der Waals surface area contributed by atoms with E-state index in [0.717, 1.165) is 26.1 Å². The Kier molecular flexibility index (Phi) is 3.89. The molecule has 2 saturated heterocycles. The Balaban J connectivity index is 1.83. The van der Waals surface area contributed by atoms with Crippen molar-refractivity contribution in [1.82, 2.24) is 0 Å². The van der Waals surface area contributed by atoms with E-state index < -0.39 is 0 Å². The van der Waals surface area contributed by atoms with Crippen molar-refractivity contribution in [2.75, 3.05) is 13.2 Å². The third kappa shape index (κ3) is 3.37. The zero-order valence-electron chi connectivity index (χ0n) is 8.93. The monoisotopic (exact) mass is 226 g/mol. The molecule has 0 spiro atoms. The molecule has 15 heavy (non-hydrogen) atoms. The van der Waals surface area contributed by atoms with Crippen molar-refractivity contribution in [3.8, 4) is 0 Å². The molecule has 2 heterocycles. The summed E-state index contributed by atoms with van der Waals surface area (Å²) in [5.41, 5.74) is 0. The van der Waals surface area contributed by atoms with Crippen molar-refractivity contribution in [3.63, 3.8) is 0 Å². The Bertz CT molecular complexity index is 210. The number of allylic oxidation sites excluding steroid dienone is 2. The molecule has 0 radical (unpaired) electrons. The molecular weight excluding hydrogens is 208 g/mol. The van der Waals surface area contributed by atoms with E-state index in [-0.39, 0.29) is 0 Å². The van der Waals surface area contributed by atoms with Gasteiger partial charge in [0.1, 0.15) is 0 Å². The molecule has 2 nitrogen and oxygen atoms in total. The van der Waals surface area contributed by atoms with E-state index >= 15 is 0 Å². The molecule has 2 aliphatic heterocycles. The summed E-state index contributed by atoms with van der Waals surface area (Å²) in [6, 6.07) is 0. The molecule has 0 aromatic heterocycles. The summed E-state index contributed by atoms with van der Waals surface area (Å²) in [5.74, 6) is 0. The van der Waals surface area contributed by atoms with E-state index in [1.807, 2.05) is 23.9 Å². The van der Waals surface area contributed by atoms with E-state index in [1.54, 1.807) is 0 Å². The normalized spacial score (nSPS) is 31.7. The first-order valence-corrected chi connectivity index (χ1v) is 6.40. The van der Waals surface area contributed by atoms with Crippen LogP contribution in [0.3, 0.4) is 0 Å². The Morgan fingerprint density at radius 3 is 1.73 bits per heavy atom. The van der Waals surface area contributed by atoms with Gasteiger partial charge in [0.2, 0.25) is 0 Å².